The van der Waals surface area contributed by atoms with Gasteiger partial charge in [0.2, 0.25) is 5.69 Å². The lowest BCUT2D eigenvalue weighted by Gasteiger charge is -2.38. The highest BCUT2D eigenvalue weighted by Gasteiger charge is 2.33. The summed E-state index contributed by atoms with van der Waals surface area (Å²) in [6.07, 6.45) is 5.16. The van der Waals surface area contributed by atoms with Crippen molar-refractivity contribution in [3.8, 4) is 17.1 Å². The molecule has 3 N–H and O–H groups in total. The van der Waals surface area contributed by atoms with Gasteiger partial charge in [0, 0.05) is 22.9 Å². The Labute approximate surface area is 222 Å². The first-order valence-electron chi connectivity index (χ1n) is 12.8. The predicted molar refractivity (Wildman–Crippen MR) is 148 cm³/mol. The number of amides is 1. The molecule has 1 aliphatic rings. The van der Waals surface area contributed by atoms with Gasteiger partial charge >= 0.3 is 0 Å². The van der Waals surface area contributed by atoms with Crippen LogP contribution in [0.1, 0.15) is 49.5 Å². The Hall–Kier alpha value is -4.38. The van der Waals surface area contributed by atoms with Crippen molar-refractivity contribution in [1.82, 2.24) is 14.6 Å². The van der Waals surface area contributed by atoms with Gasteiger partial charge in [0.05, 0.1) is 12.3 Å². The van der Waals surface area contributed by atoms with Crippen molar-refractivity contribution in [3.05, 3.63) is 77.3 Å². The number of aromatic amines is 1. The lowest BCUT2D eigenvalue weighted by Crippen LogP contribution is -2.30. The van der Waals surface area contributed by atoms with E-state index in [1.54, 1.807) is 30.3 Å². The van der Waals surface area contributed by atoms with Gasteiger partial charge in [-0.1, -0.05) is 45.0 Å². The summed E-state index contributed by atoms with van der Waals surface area (Å²) in [5.74, 6) is 2.93. The zero-order valence-corrected chi connectivity index (χ0v) is 21.9. The smallest absolute Gasteiger partial charge is 0.255 e. The lowest BCUT2D eigenvalue weighted by molar-refractivity contribution is -0.0980. The van der Waals surface area contributed by atoms with E-state index >= 15 is 0 Å². The topological polar surface area (TPSA) is 104 Å². The summed E-state index contributed by atoms with van der Waals surface area (Å²) >= 11 is 0. The van der Waals surface area contributed by atoms with Crippen LogP contribution in [0, 0.1) is 30.2 Å². The Balaban J connectivity index is 0.00000164. The molecule has 0 bridgehead atoms. The number of aromatic nitrogens is 3. The summed E-state index contributed by atoms with van der Waals surface area (Å²) in [5, 5.41) is 15.9. The largest absolute Gasteiger partial charge is 0.506 e. The normalized spacial score (nSPS) is 20.8. The number of aromatic hydroxyl groups is 1. The first-order chi connectivity index (χ1) is 18.3. The first kappa shape index (κ1) is 26.7. The molecule has 2 atom stereocenters. The number of para-hydroxylation sites is 2. The molecule has 1 saturated carbocycles. The molecule has 8 heteroatoms. The molecule has 0 saturated heterocycles. The minimum absolute atomic E-state index is 0.0232. The van der Waals surface area contributed by atoms with Crippen LogP contribution in [0.3, 0.4) is 0 Å². The Morgan fingerprint density at radius 2 is 1.79 bits per heavy atom. The number of hydrogen-bond acceptors (Lipinski definition) is 4. The molecule has 196 valence electrons. The van der Waals surface area contributed by atoms with Crippen LogP contribution in [0.5, 0.6) is 5.75 Å². The van der Waals surface area contributed by atoms with Crippen molar-refractivity contribution in [2.75, 3.05) is 5.32 Å². The van der Waals surface area contributed by atoms with Crippen molar-refractivity contribution >= 4 is 29.7 Å². The zero-order valence-electron chi connectivity index (χ0n) is 21.9. The summed E-state index contributed by atoms with van der Waals surface area (Å²) in [6.45, 7) is 16.7. The highest BCUT2D eigenvalue weighted by Crippen LogP contribution is 2.41. The summed E-state index contributed by atoms with van der Waals surface area (Å²) in [6, 6.07) is 13.8. The number of carbonyl (C=O) groups excluding carboxylic acids is 2. The molecule has 0 radical (unpaired) electrons. The molecule has 38 heavy (non-hydrogen) atoms. The molecule has 0 aliphatic heterocycles. The maximum absolute atomic E-state index is 12.6. The fourth-order valence-electron chi connectivity index (χ4n) is 5.86. The fraction of sp³-hybridized carbons (Fsp3) is 0.333. The van der Waals surface area contributed by atoms with E-state index in [4.69, 9.17) is 16.4 Å². The number of H-pyrrole nitrogens is 1. The number of nitrogens with zero attached hydrogens (tertiary/aromatic N) is 3. The van der Waals surface area contributed by atoms with Crippen molar-refractivity contribution < 1.29 is 14.7 Å². The Bertz CT molecular complexity index is 1450. The van der Waals surface area contributed by atoms with E-state index in [9.17, 15) is 9.90 Å². The van der Waals surface area contributed by atoms with Gasteiger partial charge in [0.25, 0.3) is 5.91 Å². The lowest BCUT2D eigenvalue weighted by atomic mass is 9.67. The van der Waals surface area contributed by atoms with Gasteiger partial charge in [-0.2, -0.15) is 0 Å². The number of carbonyl (C=O) groups is 2. The number of benzene rings is 2. The van der Waals surface area contributed by atoms with Crippen molar-refractivity contribution in [3.63, 3.8) is 0 Å². The summed E-state index contributed by atoms with van der Waals surface area (Å²) < 4.78 is 1.84. The quantitative estimate of drug-likeness (QED) is 0.210. The molecular formula is C30H33N5O3. The maximum atomic E-state index is 12.6. The predicted octanol–water partition coefficient (Wildman–Crippen LogP) is 6.51. The SMILES string of the molecule is C=O.[C-]#[N+]c1cn2[nH]c(-c3ccc(C(=O)Nc4ccccc4O)cc3)nc2c1CC1C(C)CC(C)CC1C. The second-order valence-corrected chi connectivity index (χ2v) is 10.3. The molecule has 2 unspecified atom stereocenters. The van der Waals surface area contributed by atoms with E-state index < -0.39 is 0 Å². The van der Waals surface area contributed by atoms with Gasteiger partial charge in [-0.15, -0.1) is 0 Å². The van der Waals surface area contributed by atoms with Gasteiger partial charge in [0.1, 0.15) is 18.2 Å². The molecular weight excluding hydrogens is 478 g/mol. The second kappa shape index (κ2) is 11.3. The highest BCUT2D eigenvalue weighted by molar-refractivity contribution is 6.05. The molecule has 1 amide bonds. The number of anilines is 1. The van der Waals surface area contributed by atoms with Gasteiger partial charge in [-0.05, 0) is 67.2 Å². The van der Waals surface area contributed by atoms with E-state index in [0.717, 1.165) is 29.1 Å². The standard InChI is InChI=1S/C29H31N5O2.CH2O/c1-17-13-18(2)22(19(3)14-17)15-23-25(30-4)16-34-28(23)32-27(33-34)20-9-11-21(12-10-20)29(36)31-24-7-5-6-8-26(24)35;1-2/h5-12,16-19,22,35H,13-15H2,1-3H3,(H,31,36)(H,32,33);1H2. The van der Waals surface area contributed by atoms with Crippen LogP contribution < -0.4 is 5.32 Å². The van der Waals surface area contributed by atoms with Gasteiger partial charge in [-0.25, -0.2) is 9.83 Å². The van der Waals surface area contributed by atoms with E-state index in [1.165, 1.54) is 18.9 Å². The number of nitrogens with one attached hydrogen (secondary N) is 2. The fourth-order valence-corrected chi connectivity index (χ4v) is 5.86. The molecule has 2 heterocycles. The first-order valence-corrected chi connectivity index (χ1v) is 12.8. The number of phenols is 1. The minimum atomic E-state index is -0.301. The number of rotatable bonds is 5. The van der Waals surface area contributed by atoms with Crippen LogP contribution in [-0.2, 0) is 11.2 Å². The van der Waals surface area contributed by atoms with Crippen LogP contribution in [-0.4, -0.2) is 32.4 Å². The molecule has 0 spiro atoms. The van der Waals surface area contributed by atoms with Crippen molar-refractivity contribution in [1.29, 1.82) is 0 Å². The Morgan fingerprint density at radius 1 is 1.13 bits per heavy atom. The molecule has 4 aromatic rings. The number of phenolic OH excluding ortho intramolecular Hbond substituents is 1. The Kier molecular flexibility index (Phi) is 7.96. The van der Waals surface area contributed by atoms with Gasteiger partial charge in [-0.3, -0.25) is 14.4 Å². The van der Waals surface area contributed by atoms with Gasteiger partial charge in [0.15, 0.2) is 5.82 Å². The van der Waals surface area contributed by atoms with Crippen LogP contribution >= 0.6 is 0 Å². The highest BCUT2D eigenvalue weighted by atomic mass is 16.3. The van der Waals surface area contributed by atoms with E-state index in [2.05, 4.69) is 36.0 Å². The second-order valence-electron chi connectivity index (χ2n) is 10.3. The molecule has 2 aromatic carbocycles. The summed E-state index contributed by atoms with van der Waals surface area (Å²) in [4.78, 5) is 29.3. The molecule has 2 aromatic heterocycles. The molecule has 1 fully saturated rings. The van der Waals surface area contributed by atoms with Crippen LogP contribution in [0.2, 0.25) is 0 Å². The maximum Gasteiger partial charge on any atom is 0.255 e. The minimum Gasteiger partial charge on any atom is -0.506 e. The summed E-state index contributed by atoms with van der Waals surface area (Å²) in [7, 11) is 0. The third-order valence-corrected chi connectivity index (χ3v) is 7.65. The van der Waals surface area contributed by atoms with Gasteiger partial charge < -0.3 is 15.2 Å². The van der Waals surface area contributed by atoms with E-state index in [0.29, 0.717) is 40.5 Å². The van der Waals surface area contributed by atoms with Crippen molar-refractivity contribution in [2.24, 2.45) is 23.7 Å². The third-order valence-electron chi connectivity index (χ3n) is 7.65. The van der Waals surface area contributed by atoms with Crippen LogP contribution in [0.4, 0.5) is 11.4 Å². The van der Waals surface area contributed by atoms with Crippen LogP contribution in [0.25, 0.3) is 21.9 Å². The monoisotopic (exact) mass is 511 g/mol. The molecule has 8 nitrogen and oxygen atoms in total. The average Bonchev–Trinajstić information content (AvgIpc) is 3.47. The number of fused-ring (bicyclic) bond motifs is 1. The molecule has 1 aliphatic carbocycles. The average molecular weight is 512 g/mol. The number of hydrogen-bond donors (Lipinski definition) is 3. The van der Waals surface area contributed by atoms with E-state index in [-0.39, 0.29) is 11.7 Å². The Morgan fingerprint density at radius 3 is 2.42 bits per heavy atom. The van der Waals surface area contributed by atoms with Crippen molar-refractivity contribution in [2.45, 2.75) is 40.0 Å². The van der Waals surface area contributed by atoms with Crippen LogP contribution in [0.15, 0.2) is 54.7 Å². The summed E-state index contributed by atoms with van der Waals surface area (Å²) in [5.41, 5.74) is 4.17. The third kappa shape index (κ3) is 5.32. The molecule has 5 rings (SSSR count). The zero-order chi connectivity index (χ0) is 27.4. The van der Waals surface area contributed by atoms with E-state index in [1.807, 2.05) is 29.6 Å².